The largest absolute Gasteiger partial charge is 0.435 e. The fraction of sp³-hybridized carbons (Fsp3) is 0.125. The molecular weight excluding hydrogens is 246 g/mol. The lowest BCUT2D eigenvalue weighted by molar-refractivity contribution is -0.0498. The minimum atomic E-state index is -2.85. The molecule has 1 aromatic rings. The third kappa shape index (κ3) is 2.77. The summed E-state index contributed by atoms with van der Waals surface area (Å²) in [5.74, 6) is 0.0208. The van der Waals surface area contributed by atoms with Gasteiger partial charge < -0.3 is 4.74 Å². The Kier molecular flexibility index (Phi) is 3.36. The van der Waals surface area contributed by atoms with Crippen LogP contribution in [0, 0.1) is 0 Å². The van der Waals surface area contributed by atoms with Crippen molar-refractivity contribution in [3.63, 3.8) is 0 Å². The van der Waals surface area contributed by atoms with Crippen LogP contribution in [-0.2, 0) is 0 Å². The molecule has 0 N–H and O–H groups in total. The molecule has 5 heteroatoms. The summed E-state index contributed by atoms with van der Waals surface area (Å²) in [6.45, 7) is -2.85. The highest BCUT2D eigenvalue weighted by atomic mass is 79.9. The molecule has 0 radical (unpaired) electrons. The Balaban J connectivity index is 2.89. The molecule has 0 bridgehead atoms. The van der Waals surface area contributed by atoms with E-state index in [2.05, 4.69) is 20.7 Å². The highest BCUT2D eigenvalue weighted by Gasteiger charge is 2.06. The number of halogens is 3. The number of rotatable bonds is 3. The molecule has 70 valence electrons. The Morgan fingerprint density at radius 1 is 1.46 bits per heavy atom. The maximum atomic E-state index is 11.7. The van der Waals surface area contributed by atoms with Crippen LogP contribution < -0.4 is 4.74 Å². The summed E-state index contributed by atoms with van der Waals surface area (Å²) in [6, 6.07) is 4.02. The average Bonchev–Trinajstić information content (AvgIpc) is 2.03. The van der Waals surface area contributed by atoms with Crippen LogP contribution in [-0.4, -0.2) is 12.9 Å². The van der Waals surface area contributed by atoms with Crippen molar-refractivity contribution in [1.82, 2.24) is 0 Å². The number of carbonyl (C=O) groups is 1. The smallest absolute Gasteiger partial charge is 0.387 e. The Morgan fingerprint density at radius 3 is 2.62 bits per heavy atom. The topological polar surface area (TPSA) is 26.3 Å². The number of alkyl halides is 2. The molecule has 1 aromatic carbocycles. The predicted octanol–water partition coefficient (Wildman–Crippen LogP) is 2.86. The molecule has 0 heterocycles. The molecule has 13 heavy (non-hydrogen) atoms. The van der Waals surface area contributed by atoms with E-state index in [1.807, 2.05) is 0 Å². The zero-order valence-electron chi connectivity index (χ0n) is 6.34. The van der Waals surface area contributed by atoms with Crippen LogP contribution in [0.5, 0.6) is 5.75 Å². The van der Waals surface area contributed by atoms with E-state index >= 15 is 0 Å². The van der Waals surface area contributed by atoms with Crippen LogP contribution in [0.15, 0.2) is 22.7 Å². The number of aldehydes is 1. The van der Waals surface area contributed by atoms with Crippen molar-refractivity contribution in [2.75, 3.05) is 0 Å². The molecule has 0 unspecified atom stereocenters. The van der Waals surface area contributed by atoms with Crippen molar-refractivity contribution < 1.29 is 18.3 Å². The molecule has 0 aromatic heterocycles. The van der Waals surface area contributed by atoms with Gasteiger partial charge in [0.15, 0.2) is 6.29 Å². The van der Waals surface area contributed by atoms with Crippen LogP contribution in [0.4, 0.5) is 8.78 Å². The lowest BCUT2D eigenvalue weighted by Gasteiger charge is -2.04. The van der Waals surface area contributed by atoms with Crippen LogP contribution in [0.25, 0.3) is 0 Å². The van der Waals surface area contributed by atoms with Gasteiger partial charge in [-0.2, -0.15) is 8.78 Å². The zero-order valence-corrected chi connectivity index (χ0v) is 7.92. The van der Waals surface area contributed by atoms with Gasteiger partial charge >= 0.3 is 6.61 Å². The summed E-state index contributed by atoms with van der Waals surface area (Å²) in [4.78, 5) is 10.3. The standard InChI is InChI=1S/C8H5BrF2O2/c9-7-3-6(13-8(10)11)2-1-5(7)4-12/h1-4,8H. The van der Waals surface area contributed by atoms with E-state index in [1.54, 1.807) is 0 Å². The highest BCUT2D eigenvalue weighted by Crippen LogP contribution is 2.22. The van der Waals surface area contributed by atoms with E-state index in [9.17, 15) is 13.6 Å². The Labute approximate surface area is 81.6 Å². The van der Waals surface area contributed by atoms with Crippen molar-refractivity contribution in [2.45, 2.75) is 6.61 Å². The fourth-order valence-corrected chi connectivity index (χ4v) is 1.23. The first kappa shape index (κ1) is 10.1. The van der Waals surface area contributed by atoms with Crippen molar-refractivity contribution in [1.29, 1.82) is 0 Å². The minimum Gasteiger partial charge on any atom is -0.435 e. The van der Waals surface area contributed by atoms with Crippen LogP contribution in [0.3, 0.4) is 0 Å². The SMILES string of the molecule is O=Cc1ccc(OC(F)F)cc1Br. The lowest BCUT2D eigenvalue weighted by Crippen LogP contribution is -2.01. The first-order valence-corrected chi connectivity index (χ1v) is 4.12. The maximum absolute atomic E-state index is 11.7. The van der Waals surface area contributed by atoms with Crippen LogP contribution in [0.2, 0.25) is 0 Å². The summed E-state index contributed by atoms with van der Waals surface area (Å²) >= 11 is 3.04. The van der Waals surface area contributed by atoms with E-state index in [1.165, 1.54) is 18.2 Å². The summed E-state index contributed by atoms with van der Waals surface area (Å²) in [5, 5.41) is 0. The van der Waals surface area contributed by atoms with E-state index < -0.39 is 6.61 Å². The van der Waals surface area contributed by atoms with Crippen molar-refractivity contribution >= 4 is 22.2 Å². The average molecular weight is 251 g/mol. The molecule has 0 aliphatic carbocycles. The lowest BCUT2D eigenvalue weighted by atomic mass is 10.2. The summed E-state index contributed by atoms with van der Waals surface area (Å²) in [5.41, 5.74) is 0.390. The van der Waals surface area contributed by atoms with E-state index in [-0.39, 0.29) is 5.75 Å². The molecule has 0 amide bonds. The van der Waals surface area contributed by atoms with Gasteiger partial charge in [-0.25, -0.2) is 0 Å². The van der Waals surface area contributed by atoms with Gasteiger partial charge in [0.1, 0.15) is 5.75 Å². The molecule has 0 aliphatic heterocycles. The second kappa shape index (κ2) is 4.32. The molecule has 1 rings (SSSR count). The molecule has 0 fully saturated rings. The molecule has 0 aliphatic rings. The molecule has 0 atom stereocenters. The Bertz CT molecular complexity index is 315. The number of hydrogen-bond acceptors (Lipinski definition) is 2. The quantitative estimate of drug-likeness (QED) is 0.772. The van der Waals surface area contributed by atoms with Gasteiger partial charge in [-0.3, -0.25) is 4.79 Å². The summed E-state index contributed by atoms with van der Waals surface area (Å²) < 4.78 is 28.0. The molecule has 2 nitrogen and oxygen atoms in total. The second-order valence-corrected chi connectivity index (χ2v) is 3.03. The van der Waals surface area contributed by atoms with Gasteiger partial charge in [0.05, 0.1) is 0 Å². The third-order valence-corrected chi connectivity index (χ3v) is 2.01. The van der Waals surface area contributed by atoms with E-state index in [4.69, 9.17) is 0 Å². The van der Waals surface area contributed by atoms with E-state index in [0.717, 1.165) is 0 Å². The fourth-order valence-electron chi connectivity index (χ4n) is 0.780. The summed E-state index contributed by atoms with van der Waals surface area (Å²) in [6.07, 6.45) is 0.621. The second-order valence-electron chi connectivity index (χ2n) is 2.18. The molecule has 0 saturated heterocycles. The monoisotopic (exact) mass is 250 g/mol. The predicted molar refractivity (Wildman–Crippen MR) is 46.2 cm³/mol. The zero-order chi connectivity index (χ0) is 9.84. The van der Waals surface area contributed by atoms with Gasteiger partial charge in [0.25, 0.3) is 0 Å². The first-order chi connectivity index (χ1) is 6.13. The van der Waals surface area contributed by atoms with Gasteiger partial charge in [0.2, 0.25) is 0 Å². The van der Waals surface area contributed by atoms with Gasteiger partial charge in [-0.1, -0.05) is 0 Å². The van der Waals surface area contributed by atoms with Crippen molar-refractivity contribution in [2.24, 2.45) is 0 Å². The van der Waals surface area contributed by atoms with Gasteiger partial charge in [-0.15, -0.1) is 0 Å². The third-order valence-electron chi connectivity index (χ3n) is 1.32. The summed E-state index contributed by atoms with van der Waals surface area (Å²) in [7, 11) is 0. The van der Waals surface area contributed by atoms with Crippen LogP contribution >= 0.6 is 15.9 Å². The number of ether oxygens (including phenoxy) is 1. The first-order valence-electron chi connectivity index (χ1n) is 3.33. The Morgan fingerprint density at radius 2 is 2.15 bits per heavy atom. The number of benzene rings is 1. The maximum Gasteiger partial charge on any atom is 0.387 e. The van der Waals surface area contributed by atoms with Gasteiger partial charge in [-0.05, 0) is 34.1 Å². The Hall–Kier alpha value is -0.970. The highest BCUT2D eigenvalue weighted by molar-refractivity contribution is 9.10. The van der Waals surface area contributed by atoms with Gasteiger partial charge in [0, 0.05) is 10.0 Å². The number of hydrogen-bond donors (Lipinski definition) is 0. The normalized spacial score (nSPS) is 10.2. The molecule has 0 spiro atoms. The number of carbonyl (C=O) groups excluding carboxylic acids is 1. The van der Waals surface area contributed by atoms with Crippen molar-refractivity contribution in [3.05, 3.63) is 28.2 Å². The minimum absolute atomic E-state index is 0.0208. The molecular formula is C8H5BrF2O2. The van der Waals surface area contributed by atoms with Crippen LogP contribution in [0.1, 0.15) is 10.4 Å². The van der Waals surface area contributed by atoms with E-state index in [0.29, 0.717) is 16.3 Å². The van der Waals surface area contributed by atoms with Crippen molar-refractivity contribution in [3.8, 4) is 5.75 Å². The molecule has 0 saturated carbocycles.